The van der Waals surface area contributed by atoms with E-state index in [1.54, 1.807) is 0 Å². The molecule has 0 heterocycles. The molecule has 0 saturated heterocycles. The zero-order chi connectivity index (χ0) is 13.4. The summed E-state index contributed by atoms with van der Waals surface area (Å²) in [5, 5.41) is 14.5. The van der Waals surface area contributed by atoms with Gasteiger partial charge in [0.15, 0.2) is 0 Å². The highest BCUT2D eigenvalue weighted by Crippen LogP contribution is 2.00. The van der Waals surface area contributed by atoms with E-state index in [-0.39, 0.29) is 11.9 Å². The number of nitrogens with two attached hydrogens (primary N) is 4. The minimum Gasteiger partial charge on any atom is -0.369 e. The molecule has 0 aliphatic heterocycles. The normalized spacial score (nSPS) is 11.2. The zero-order valence-electron chi connectivity index (χ0n) is 9.56. The van der Waals surface area contributed by atoms with Gasteiger partial charge < -0.3 is 22.9 Å². The van der Waals surface area contributed by atoms with Crippen LogP contribution in [0, 0.1) is 0 Å². The van der Waals surface area contributed by atoms with Crippen LogP contribution in [0.1, 0.15) is 5.56 Å². The molecule has 0 aliphatic carbocycles. The average molecular weight is 246 g/mol. The van der Waals surface area contributed by atoms with Crippen LogP contribution in [0.2, 0.25) is 0 Å². The van der Waals surface area contributed by atoms with E-state index in [1.807, 2.05) is 30.3 Å². The van der Waals surface area contributed by atoms with E-state index < -0.39 is 0 Å². The number of hydrogen-bond acceptors (Lipinski definition) is 4. The molecule has 18 heavy (non-hydrogen) atoms. The average Bonchev–Trinajstić information content (AvgIpc) is 2.34. The summed E-state index contributed by atoms with van der Waals surface area (Å²) in [4.78, 5) is 0. The highest BCUT2D eigenvalue weighted by atomic mass is 15.3. The summed E-state index contributed by atoms with van der Waals surface area (Å²) >= 11 is 0. The van der Waals surface area contributed by atoms with Crippen LogP contribution in [0.5, 0.6) is 0 Å². The van der Waals surface area contributed by atoms with E-state index in [4.69, 9.17) is 22.9 Å². The summed E-state index contributed by atoms with van der Waals surface area (Å²) < 4.78 is 0. The lowest BCUT2D eigenvalue weighted by Crippen LogP contribution is -2.22. The van der Waals surface area contributed by atoms with Gasteiger partial charge in [0.2, 0.25) is 11.9 Å². The summed E-state index contributed by atoms with van der Waals surface area (Å²) in [6.45, 7) is 0. The van der Waals surface area contributed by atoms with Gasteiger partial charge in [-0.05, 0) is 0 Å². The summed E-state index contributed by atoms with van der Waals surface area (Å²) in [6.07, 6.45) is 1.35. The highest BCUT2D eigenvalue weighted by molar-refractivity contribution is 6.38. The van der Waals surface area contributed by atoms with Crippen LogP contribution >= 0.6 is 0 Å². The summed E-state index contributed by atoms with van der Waals surface area (Å²) in [5.41, 5.74) is 21.9. The van der Waals surface area contributed by atoms with Gasteiger partial charge in [0.05, 0.1) is 6.21 Å². The first-order valence-corrected chi connectivity index (χ1v) is 4.93. The maximum Gasteiger partial charge on any atom is 0.211 e. The second kappa shape index (κ2) is 6.63. The Bertz CT molecular complexity index is 492. The monoisotopic (exact) mass is 246 g/mol. The van der Waals surface area contributed by atoms with E-state index in [1.165, 1.54) is 6.21 Å². The molecule has 0 aromatic heterocycles. The van der Waals surface area contributed by atoms with Crippen molar-refractivity contribution in [3.05, 3.63) is 35.9 Å². The number of hydrogen-bond donors (Lipinski definition) is 4. The number of guanidine groups is 2. The zero-order valence-corrected chi connectivity index (χ0v) is 9.56. The largest absolute Gasteiger partial charge is 0.369 e. The Hall–Kier alpha value is -2.90. The lowest BCUT2D eigenvalue weighted by Gasteiger charge is -1.97. The number of benzene rings is 1. The predicted octanol–water partition coefficient (Wildman–Crippen LogP) is -1.08. The highest BCUT2D eigenvalue weighted by Gasteiger charge is 1.99. The molecule has 1 aromatic rings. The Morgan fingerprint density at radius 3 is 2.00 bits per heavy atom. The van der Waals surface area contributed by atoms with Gasteiger partial charge in [-0.2, -0.15) is 5.10 Å². The molecule has 0 saturated carbocycles. The van der Waals surface area contributed by atoms with Crippen molar-refractivity contribution in [3.8, 4) is 0 Å². The molecule has 0 bridgehead atoms. The van der Waals surface area contributed by atoms with Crippen LogP contribution in [0.15, 0.2) is 50.7 Å². The van der Waals surface area contributed by atoms with Crippen molar-refractivity contribution in [2.24, 2.45) is 43.3 Å². The second-order valence-electron chi connectivity index (χ2n) is 3.15. The summed E-state index contributed by atoms with van der Waals surface area (Å²) in [5.74, 6) is -0.306. The molecule has 1 rings (SSSR count). The van der Waals surface area contributed by atoms with Crippen LogP contribution in [-0.4, -0.2) is 23.8 Å². The van der Waals surface area contributed by atoms with Crippen molar-refractivity contribution in [1.82, 2.24) is 0 Å². The van der Waals surface area contributed by atoms with Gasteiger partial charge in [0, 0.05) is 5.56 Å². The smallest absolute Gasteiger partial charge is 0.211 e. The van der Waals surface area contributed by atoms with Crippen LogP contribution in [0.25, 0.3) is 0 Å². The molecule has 1 aromatic carbocycles. The fourth-order valence-corrected chi connectivity index (χ4v) is 1.03. The van der Waals surface area contributed by atoms with Gasteiger partial charge >= 0.3 is 0 Å². The van der Waals surface area contributed by atoms with E-state index in [2.05, 4.69) is 20.4 Å². The predicted molar refractivity (Wildman–Crippen MR) is 73.1 cm³/mol. The first kappa shape index (κ1) is 13.2. The third kappa shape index (κ3) is 4.75. The molecule has 0 fully saturated rings. The molecular formula is C10H14N8. The molecular weight excluding hydrogens is 232 g/mol. The van der Waals surface area contributed by atoms with Crippen LogP contribution in [-0.2, 0) is 0 Å². The van der Waals surface area contributed by atoms with Gasteiger partial charge in [-0.1, -0.05) is 30.3 Å². The fraction of sp³-hybridized carbons (Fsp3) is 0. The maximum absolute atomic E-state index is 5.20. The van der Waals surface area contributed by atoms with Crippen LogP contribution in [0.3, 0.4) is 0 Å². The Morgan fingerprint density at radius 1 is 0.833 bits per heavy atom. The summed E-state index contributed by atoms with van der Waals surface area (Å²) in [7, 11) is 0. The van der Waals surface area contributed by atoms with Gasteiger partial charge in [0.25, 0.3) is 0 Å². The Labute approximate surface area is 104 Å². The maximum atomic E-state index is 5.20. The lowest BCUT2D eigenvalue weighted by atomic mass is 10.1. The van der Waals surface area contributed by atoms with E-state index >= 15 is 0 Å². The van der Waals surface area contributed by atoms with Gasteiger partial charge in [-0.15, -0.1) is 15.3 Å². The molecule has 0 spiro atoms. The third-order valence-corrected chi connectivity index (χ3v) is 1.70. The third-order valence-electron chi connectivity index (χ3n) is 1.70. The Balaban J connectivity index is 3.04. The quantitative estimate of drug-likeness (QED) is 0.303. The minimum absolute atomic E-state index is 0.152. The second-order valence-corrected chi connectivity index (χ2v) is 3.15. The van der Waals surface area contributed by atoms with E-state index in [9.17, 15) is 0 Å². The van der Waals surface area contributed by atoms with Gasteiger partial charge in [-0.25, -0.2) is 0 Å². The van der Waals surface area contributed by atoms with E-state index in [0.717, 1.165) is 5.56 Å². The molecule has 0 amide bonds. The number of nitrogens with zero attached hydrogens (tertiary/aromatic N) is 4. The minimum atomic E-state index is -0.154. The summed E-state index contributed by atoms with van der Waals surface area (Å²) in [6, 6.07) is 9.20. The lowest BCUT2D eigenvalue weighted by molar-refractivity contribution is 1.20. The molecule has 8 N–H and O–H groups in total. The molecule has 8 heteroatoms. The fourth-order valence-electron chi connectivity index (χ4n) is 1.03. The van der Waals surface area contributed by atoms with Crippen molar-refractivity contribution >= 4 is 23.8 Å². The van der Waals surface area contributed by atoms with Crippen molar-refractivity contribution in [1.29, 1.82) is 0 Å². The molecule has 0 radical (unpaired) electrons. The van der Waals surface area contributed by atoms with Crippen molar-refractivity contribution < 1.29 is 0 Å². The molecule has 0 aliphatic rings. The SMILES string of the molecule is NC(N)=N/N=C/C(=N/N=C(N)N)c1ccccc1. The molecule has 94 valence electrons. The first-order valence-electron chi connectivity index (χ1n) is 4.93. The van der Waals surface area contributed by atoms with Crippen LogP contribution < -0.4 is 22.9 Å². The van der Waals surface area contributed by atoms with Crippen molar-refractivity contribution in [2.75, 3.05) is 0 Å². The van der Waals surface area contributed by atoms with Crippen LogP contribution in [0.4, 0.5) is 0 Å². The molecule has 8 nitrogen and oxygen atoms in total. The molecule has 0 atom stereocenters. The van der Waals surface area contributed by atoms with E-state index in [0.29, 0.717) is 5.71 Å². The Morgan fingerprint density at radius 2 is 1.44 bits per heavy atom. The molecule has 0 unspecified atom stereocenters. The number of rotatable bonds is 4. The standard InChI is InChI=1S/C10H14N8/c11-9(12)17-15-6-8(16-18-10(13)14)7-4-2-1-3-5-7/h1-6H,(H4,11,12,17)(H4,13,14,18)/b15-6+,16-8-. The van der Waals surface area contributed by atoms with Crippen molar-refractivity contribution in [2.45, 2.75) is 0 Å². The van der Waals surface area contributed by atoms with Gasteiger partial charge in [-0.3, -0.25) is 0 Å². The Kier molecular flexibility index (Phi) is 4.85. The van der Waals surface area contributed by atoms with Crippen molar-refractivity contribution in [3.63, 3.8) is 0 Å². The first-order chi connectivity index (χ1) is 8.59. The topological polar surface area (TPSA) is 154 Å². The van der Waals surface area contributed by atoms with Gasteiger partial charge in [0.1, 0.15) is 5.71 Å².